The zero-order valence-electron chi connectivity index (χ0n) is 13.2. The van der Waals surface area contributed by atoms with Crippen LogP contribution >= 0.6 is 11.6 Å². The molecule has 0 radical (unpaired) electrons. The molecule has 0 spiro atoms. The number of hydrogen-bond acceptors (Lipinski definition) is 4. The predicted octanol–water partition coefficient (Wildman–Crippen LogP) is 3.57. The van der Waals surface area contributed by atoms with Gasteiger partial charge in [0.05, 0.1) is 35.8 Å². The molecule has 0 amide bonds. The van der Waals surface area contributed by atoms with E-state index in [1.54, 1.807) is 24.3 Å². The maximum atomic E-state index is 14.2. The van der Waals surface area contributed by atoms with E-state index < -0.39 is 10.1 Å². The van der Waals surface area contributed by atoms with Gasteiger partial charge in [0, 0.05) is 5.39 Å². The maximum Gasteiger partial charge on any atom is 0.264 e. The van der Waals surface area contributed by atoms with Gasteiger partial charge >= 0.3 is 0 Å². The summed E-state index contributed by atoms with van der Waals surface area (Å²) in [4.78, 5) is 4.39. The van der Waals surface area contributed by atoms with E-state index in [1.807, 2.05) is 10.6 Å². The lowest BCUT2D eigenvalue weighted by atomic mass is 9.98. The van der Waals surface area contributed by atoms with Crippen LogP contribution in [-0.4, -0.2) is 30.8 Å². The summed E-state index contributed by atoms with van der Waals surface area (Å²) in [6.07, 6.45) is 1.53. The number of aromatic nitrogens is 2. The lowest BCUT2D eigenvalue weighted by Crippen LogP contribution is -2.24. The van der Waals surface area contributed by atoms with Gasteiger partial charge in [-0.3, -0.25) is 4.18 Å². The Bertz CT molecular complexity index is 1090. The first-order valence-electron chi connectivity index (χ1n) is 7.63. The van der Waals surface area contributed by atoms with Gasteiger partial charge in [0.1, 0.15) is 11.0 Å². The van der Waals surface area contributed by atoms with Crippen LogP contribution in [0.3, 0.4) is 0 Å². The lowest BCUT2D eigenvalue weighted by Gasteiger charge is -2.28. The molecule has 2 aromatic heterocycles. The SMILES string of the molecule is CS(=O)(=O)OCC1Cc2ccc(Cl)nc2-c2cc3c(F)cccc3n21. The molecule has 130 valence electrons. The Hall–Kier alpha value is -1.96. The molecule has 5 nitrogen and oxygen atoms in total. The molecule has 1 atom stereocenters. The molecule has 25 heavy (non-hydrogen) atoms. The van der Waals surface area contributed by atoms with Crippen molar-refractivity contribution in [1.29, 1.82) is 0 Å². The third kappa shape index (κ3) is 2.92. The summed E-state index contributed by atoms with van der Waals surface area (Å²) in [5.41, 5.74) is 2.97. The van der Waals surface area contributed by atoms with Crippen LogP contribution in [0.15, 0.2) is 36.4 Å². The molecular formula is C17H14ClFN2O3S. The van der Waals surface area contributed by atoms with Gasteiger partial charge in [-0.25, -0.2) is 9.37 Å². The molecule has 3 heterocycles. The first kappa shape index (κ1) is 16.5. The lowest BCUT2D eigenvalue weighted by molar-refractivity contribution is 0.257. The summed E-state index contributed by atoms with van der Waals surface area (Å²) in [5, 5.41) is 0.804. The van der Waals surface area contributed by atoms with Gasteiger partial charge in [0.2, 0.25) is 0 Å². The average Bonchev–Trinajstić information content (AvgIpc) is 2.94. The normalized spacial score (nSPS) is 16.7. The molecule has 0 N–H and O–H groups in total. The first-order valence-corrected chi connectivity index (χ1v) is 9.82. The largest absolute Gasteiger partial charge is 0.333 e. The number of hydrogen-bond donors (Lipinski definition) is 0. The number of benzene rings is 1. The minimum absolute atomic E-state index is 0.0335. The Morgan fingerprint density at radius 1 is 1.36 bits per heavy atom. The molecule has 0 saturated carbocycles. The van der Waals surface area contributed by atoms with E-state index in [0.717, 1.165) is 11.8 Å². The number of halogens is 2. The molecule has 1 aliphatic rings. The van der Waals surface area contributed by atoms with Crippen LogP contribution in [0.25, 0.3) is 22.3 Å². The fraction of sp³-hybridized carbons (Fsp3) is 0.235. The summed E-state index contributed by atoms with van der Waals surface area (Å²) in [6.45, 7) is -0.0335. The highest BCUT2D eigenvalue weighted by molar-refractivity contribution is 7.85. The van der Waals surface area contributed by atoms with Crippen molar-refractivity contribution in [3.05, 3.63) is 52.9 Å². The van der Waals surface area contributed by atoms with Crippen LogP contribution in [0.1, 0.15) is 11.6 Å². The summed E-state index contributed by atoms with van der Waals surface area (Å²) in [5.74, 6) is -0.342. The van der Waals surface area contributed by atoms with Gasteiger partial charge in [-0.2, -0.15) is 8.42 Å². The zero-order chi connectivity index (χ0) is 17.8. The highest BCUT2D eigenvalue weighted by atomic mass is 35.5. The molecule has 1 aromatic carbocycles. The maximum absolute atomic E-state index is 14.2. The van der Waals surface area contributed by atoms with Crippen molar-refractivity contribution < 1.29 is 17.0 Å². The van der Waals surface area contributed by atoms with Crippen LogP contribution < -0.4 is 0 Å². The zero-order valence-corrected chi connectivity index (χ0v) is 14.8. The molecule has 0 aliphatic carbocycles. The van der Waals surface area contributed by atoms with E-state index in [-0.39, 0.29) is 18.5 Å². The van der Waals surface area contributed by atoms with Crippen LogP contribution in [0.5, 0.6) is 0 Å². The van der Waals surface area contributed by atoms with Crippen LogP contribution in [0.2, 0.25) is 5.15 Å². The highest BCUT2D eigenvalue weighted by Gasteiger charge is 2.29. The molecule has 1 unspecified atom stereocenters. The van der Waals surface area contributed by atoms with Crippen molar-refractivity contribution in [2.45, 2.75) is 12.5 Å². The van der Waals surface area contributed by atoms with Crippen molar-refractivity contribution >= 4 is 32.6 Å². The molecule has 4 rings (SSSR count). The molecule has 1 aliphatic heterocycles. The van der Waals surface area contributed by atoms with E-state index in [2.05, 4.69) is 4.98 Å². The summed E-state index contributed by atoms with van der Waals surface area (Å²) >= 11 is 6.03. The second kappa shape index (κ2) is 5.79. The van der Waals surface area contributed by atoms with Crippen molar-refractivity contribution in [3.8, 4) is 11.4 Å². The number of nitrogens with zero attached hydrogens (tertiary/aromatic N) is 2. The van der Waals surface area contributed by atoms with Gasteiger partial charge < -0.3 is 4.57 Å². The van der Waals surface area contributed by atoms with Crippen LogP contribution in [0, 0.1) is 5.82 Å². The number of pyridine rings is 1. The minimum Gasteiger partial charge on any atom is -0.333 e. The third-order valence-corrected chi connectivity index (χ3v) is 5.09. The summed E-state index contributed by atoms with van der Waals surface area (Å²) < 4.78 is 44.0. The Morgan fingerprint density at radius 3 is 2.92 bits per heavy atom. The first-order chi connectivity index (χ1) is 11.8. The molecule has 3 aromatic rings. The number of fused-ring (bicyclic) bond motifs is 5. The van der Waals surface area contributed by atoms with E-state index in [9.17, 15) is 12.8 Å². The van der Waals surface area contributed by atoms with E-state index in [0.29, 0.717) is 33.9 Å². The Labute approximate surface area is 149 Å². The fourth-order valence-electron chi connectivity index (χ4n) is 3.32. The second-order valence-electron chi connectivity index (χ2n) is 6.06. The van der Waals surface area contributed by atoms with E-state index in [1.165, 1.54) is 6.07 Å². The van der Waals surface area contributed by atoms with Gasteiger partial charge in [-0.15, -0.1) is 0 Å². The topological polar surface area (TPSA) is 61.2 Å². The molecule has 0 saturated heterocycles. The van der Waals surface area contributed by atoms with Crippen LogP contribution in [0.4, 0.5) is 4.39 Å². The Morgan fingerprint density at radius 2 is 2.16 bits per heavy atom. The Kier molecular flexibility index (Phi) is 3.82. The van der Waals surface area contributed by atoms with E-state index in [4.69, 9.17) is 15.8 Å². The highest BCUT2D eigenvalue weighted by Crippen LogP contribution is 2.39. The Balaban J connectivity index is 1.94. The molecule has 8 heteroatoms. The fourth-order valence-corrected chi connectivity index (χ4v) is 3.87. The van der Waals surface area contributed by atoms with Crippen molar-refractivity contribution in [2.75, 3.05) is 12.9 Å². The van der Waals surface area contributed by atoms with E-state index >= 15 is 0 Å². The monoisotopic (exact) mass is 380 g/mol. The van der Waals surface area contributed by atoms with Crippen LogP contribution in [-0.2, 0) is 20.7 Å². The number of rotatable bonds is 3. The quantitative estimate of drug-likeness (QED) is 0.515. The van der Waals surface area contributed by atoms with Gasteiger partial charge in [0.25, 0.3) is 10.1 Å². The van der Waals surface area contributed by atoms with Crippen molar-refractivity contribution in [1.82, 2.24) is 9.55 Å². The van der Waals surface area contributed by atoms with Gasteiger partial charge in [0.15, 0.2) is 0 Å². The molecular weight excluding hydrogens is 367 g/mol. The second-order valence-corrected chi connectivity index (χ2v) is 8.09. The third-order valence-electron chi connectivity index (χ3n) is 4.31. The standard InChI is InChI=1S/C17H14ClFN2O3S/c1-25(22,23)24-9-11-7-10-5-6-16(18)20-17(10)15-8-12-13(19)3-2-4-14(12)21(11)15/h2-6,8,11H,7,9H2,1H3. The average molecular weight is 381 g/mol. The molecule has 0 fully saturated rings. The smallest absolute Gasteiger partial charge is 0.264 e. The van der Waals surface area contributed by atoms with Gasteiger partial charge in [-0.1, -0.05) is 23.7 Å². The minimum atomic E-state index is -3.58. The summed E-state index contributed by atoms with van der Waals surface area (Å²) in [7, 11) is -3.58. The van der Waals surface area contributed by atoms with Gasteiger partial charge in [-0.05, 0) is 36.2 Å². The van der Waals surface area contributed by atoms with Crippen molar-refractivity contribution in [2.24, 2.45) is 0 Å². The van der Waals surface area contributed by atoms with Crippen molar-refractivity contribution in [3.63, 3.8) is 0 Å². The predicted molar refractivity (Wildman–Crippen MR) is 93.7 cm³/mol. The summed E-state index contributed by atoms with van der Waals surface area (Å²) in [6, 6.07) is 9.79. The molecule has 0 bridgehead atoms.